The molecule has 0 aromatic heterocycles. The maximum absolute atomic E-state index is 8.70. The number of hydrogen-bond acceptors (Lipinski definition) is 2. The van der Waals surface area contributed by atoms with E-state index in [4.69, 9.17) is 5.26 Å². The van der Waals surface area contributed by atoms with Crippen molar-refractivity contribution in [3.63, 3.8) is 0 Å². The smallest absolute Gasteiger partial charge is 0.0624 e. The first kappa shape index (κ1) is 13.9. The van der Waals surface area contributed by atoms with Crippen molar-refractivity contribution in [2.24, 2.45) is 11.3 Å². The third-order valence-electron chi connectivity index (χ3n) is 5.20. The first-order valence-corrected chi connectivity index (χ1v) is 7.92. The van der Waals surface area contributed by atoms with Crippen molar-refractivity contribution < 1.29 is 0 Å². The van der Waals surface area contributed by atoms with Crippen LogP contribution in [0.3, 0.4) is 0 Å². The highest BCUT2D eigenvalue weighted by Crippen LogP contribution is 2.50. The van der Waals surface area contributed by atoms with Crippen LogP contribution in [-0.2, 0) is 0 Å². The molecule has 0 aromatic rings. The molecule has 0 atom stereocenters. The predicted molar refractivity (Wildman–Crippen MR) is 75.2 cm³/mol. The van der Waals surface area contributed by atoms with Crippen LogP contribution >= 0.6 is 0 Å². The number of nitrogens with zero attached hydrogens (tertiary/aromatic N) is 2. The summed E-state index contributed by atoms with van der Waals surface area (Å²) in [6, 6.07) is 3.19. The van der Waals surface area contributed by atoms with Gasteiger partial charge in [0.15, 0.2) is 0 Å². The quantitative estimate of drug-likeness (QED) is 0.739. The topological polar surface area (TPSA) is 27.0 Å². The summed E-state index contributed by atoms with van der Waals surface area (Å²) < 4.78 is 0. The largest absolute Gasteiger partial charge is 0.299 e. The van der Waals surface area contributed by atoms with Gasteiger partial charge in [0.05, 0.1) is 6.07 Å². The van der Waals surface area contributed by atoms with E-state index in [1.54, 1.807) is 0 Å². The van der Waals surface area contributed by atoms with Crippen molar-refractivity contribution >= 4 is 0 Å². The molecule has 0 aromatic carbocycles. The summed E-state index contributed by atoms with van der Waals surface area (Å²) in [5, 5.41) is 8.70. The van der Waals surface area contributed by atoms with Crippen LogP contribution < -0.4 is 0 Å². The highest BCUT2D eigenvalue weighted by atomic mass is 15.2. The zero-order valence-electron chi connectivity index (χ0n) is 12.1. The molecule has 102 valence electrons. The Morgan fingerprint density at radius 3 is 2.17 bits per heavy atom. The molecule has 0 amide bonds. The van der Waals surface area contributed by atoms with Crippen molar-refractivity contribution in [2.45, 2.75) is 71.3 Å². The van der Waals surface area contributed by atoms with Gasteiger partial charge in [-0.2, -0.15) is 5.26 Å². The van der Waals surface area contributed by atoms with E-state index in [0.717, 1.165) is 17.9 Å². The molecule has 18 heavy (non-hydrogen) atoms. The van der Waals surface area contributed by atoms with Crippen LogP contribution in [0.15, 0.2) is 0 Å². The Hall–Kier alpha value is -0.550. The minimum Gasteiger partial charge on any atom is -0.299 e. The number of hydrogen-bond donors (Lipinski definition) is 0. The van der Waals surface area contributed by atoms with E-state index in [-0.39, 0.29) is 0 Å². The van der Waals surface area contributed by atoms with Crippen LogP contribution in [-0.4, -0.2) is 24.0 Å². The van der Waals surface area contributed by atoms with Crippen LogP contribution in [0.25, 0.3) is 0 Å². The van der Waals surface area contributed by atoms with Gasteiger partial charge in [0.25, 0.3) is 0 Å². The van der Waals surface area contributed by atoms with Crippen molar-refractivity contribution in [3.8, 4) is 6.07 Å². The molecular formula is C16H28N2. The summed E-state index contributed by atoms with van der Waals surface area (Å²) in [4.78, 5) is 2.72. The zero-order chi connectivity index (χ0) is 13.0. The summed E-state index contributed by atoms with van der Waals surface area (Å²) in [5.74, 6) is 0.709. The average molecular weight is 248 g/mol. The van der Waals surface area contributed by atoms with E-state index in [0.29, 0.717) is 5.92 Å². The zero-order valence-corrected chi connectivity index (χ0v) is 12.1. The summed E-state index contributed by atoms with van der Waals surface area (Å²) in [7, 11) is 0. The molecular weight excluding hydrogens is 220 g/mol. The van der Waals surface area contributed by atoms with Gasteiger partial charge in [-0.25, -0.2) is 0 Å². The Morgan fingerprint density at radius 1 is 1.11 bits per heavy atom. The lowest BCUT2D eigenvalue weighted by molar-refractivity contribution is -0.0914. The van der Waals surface area contributed by atoms with Gasteiger partial charge in [-0.1, -0.05) is 20.3 Å². The standard InChI is InChI=1S/C14H22N2.C2H6/c15-9-6-12-2-4-13(5-3-12)16-10-14(11-16)7-1-8-14;1-2/h12-13H,1-8,10-11H2;1-2H3. The van der Waals surface area contributed by atoms with E-state index in [9.17, 15) is 0 Å². The Labute approximate surface area is 112 Å². The average Bonchev–Trinajstić information content (AvgIpc) is 2.31. The molecule has 0 bridgehead atoms. The summed E-state index contributed by atoms with van der Waals surface area (Å²) in [6.45, 7) is 6.78. The van der Waals surface area contributed by atoms with Crippen LogP contribution in [0.4, 0.5) is 0 Å². The second-order valence-electron chi connectivity index (χ2n) is 6.30. The molecule has 3 rings (SSSR count). The lowest BCUT2D eigenvalue weighted by Crippen LogP contribution is -2.62. The van der Waals surface area contributed by atoms with Crippen LogP contribution in [0, 0.1) is 22.7 Å². The van der Waals surface area contributed by atoms with E-state index in [1.807, 2.05) is 13.8 Å². The van der Waals surface area contributed by atoms with Crippen molar-refractivity contribution in [2.75, 3.05) is 13.1 Å². The second kappa shape index (κ2) is 6.06. The molecule has 1 aliphatic heterocycles. The molecule has 2 nitrogen and oxygen atoms in total. The summed E-state index contributed by atoms with van der Waals surface area (Å²) in [5.41, 5.74) is 0.781. The molecule has 0 unspecified atom stereocenters. The SMILES string of the molecule is CC.N#CCC1CCC(N2CC3(CCC3)C2)CC1. The molecule has 0 radical (unpaired) electrons. The van der Waals surface area contributed by atoms with Crippen LogP contribution in [0.2, 0.25) is 0 Å². The Kier molecular flexibility index (Phi) is 4.67. The van der Waals surface area contributed by atoms with Gasteiger partial charge in [-0.3, -0.25) is 4.90 Å². The third-order valence-corrected chi connectivity index (χ3v) is 5.20. The maximum atomic E-state index is 8.70. The molecule has 1 heterocycles. The fourth-order valence-electron chi connectivity index (χ4n) is 3.91. The van der Waals surface area contributed by atoms with Crippen molar-refractivity contribution in [1.82, 2.24) is 4.90 Å². The van der Waals surface area contributed by atoms with Gasteiger partial charge in [0.2, 0.25) is 0 Å². The Balaban J connectivity index is 0.000000574. The van der Waals surface area contributed by atoms with E-state index >= 15 is 0 Å². The van der Waals surface area contributed by atoms with Gasteiger partial charge >= 0.3 is 0 Å². The van der Waals surface area contributed by atoms with E-state index < -0.39 is 0 Å². The van der Waals surface area contributed by atoms with Gasteiger partial charge < -0.3 is 0 Å². The molecule has 3 aliphatic rings. The molecule has 1 saturated heterocycles. The number of likely N-dealkylation sites (tertiary alicyclic amines) is 1. The second-order valence-corrected chi connectivity index (χ2v) is 6.30. The van der Waals surface area contributed by atoms with Crippen LogP contribution in [0.1, 0.15) is 65.2 Å². The van der Waals surface area contributed by atoms with E-state index in [2.05, 4.69) is 11.0 Å². The minimum absolute atomic E-state index is 0.709. The molecule has 2 saturated carbocycles. The van der Waals surface area contributed by atoms with Crippen molar-refractivity contribution in [1.29, 1.82) is 5.26 Å². The van der Waals surface area contributed by atoms with E-state index in [1.165, 1.54) is 58.0 Å². The molecule has 2 aliphatic carbocycles. The van der Waals surface area contributed by atoms with Crippen molar-refractivity contribution in [3.05, 3.63) is 0 Å². The number of nitriles is 1. The third kappa shape index (κ3) is 2.72. The van der Waals surface area contributed by atoms with Gasteiger partial charge in [0.1, 0.15) is 0 Å². The fourth-order valence-corrected chi connectivity index (χ4v) is 3.91. The summed E-state index contributed by atoms with van der Waals surface area (Å²) in [6.07, 6.45) is 10.5. The normalized spacial score (nSPS) is 33.6. The fraction of sp³-hybridized carbons (Fsp3) is 0.938. The minimum atomic E-state index is 0.709. The Bertz CT molecular complexity index is 285. The van der Waals surface area contributed by atoms with Crippen LogP contribution in [0.5, 0.6) is 0 Å². The highest BCUT2D eigenvalue weighted by Gasteiger charge is 2.49. The first-order valence-electron chi connectivity index (χ1n) is 7.92. The maximum Gasteiger partial charge on any atom is 0.0624 e. The molecule has 0 N–H and O–H groups in total. The monoisotopic (exact) mass is 248 g/mol. The lowest BCUT2D eigenvalue weighted by atomic mass is 9.62. The molecule has 3 fully saturated rings. The first-order chi connectivity index (χ1) is 8.81. The highest BCUT2D eigenvalue weighted by molar-refractivity contribution is 5.02. The van der Waals surface area contributed by atoms with Gasteiger partial charge in [-0.15, -0.1) is 0 Å². The molecule has 2 heteroatoms. The predicted octanol–water partition coefficient (Wildman–Crippen LogP) is 3.97. The Morgan fingerprint density at radius 2 is 1.72 bits per heavy atom. The number of rotatable bonds is 2. The van der Waals surface area contributed by atoms with Gasteiger partial charge in [-0.05, 0) is 49.9 Å². The lowest BCUT2D eigenvalue weighted by Gasteiger charge is -2.59. The molecule has 1 spiro atoms. The van der Waals surface area contributed by atoms with Gasteiger partial charge in [0, 0.05) is 25.6 Å². The summed E-state index contributed by atoms with van der Waals surface area (Å²) >= 11 is 0.